The number of unbranched alkanes of at least 4 members (excludes halogenated alkanes) is 4. The van der Waals surface area contributed by atoms with E-state index in [4.69, 9.17) is 27.8 Å². The van der Waals surface area contributed by atoms with E-state index in [1.807, 2.05) is 104 Å². The Morgan fingerprint density at radius 2 is 1.34 bits per heavy atom. The highest BCUT2D eigenvalue weighted by Crippen LogP contribution is 2.35. The molecule has 0 aromatic heterocycles. The average molecular weight is 747 g/mol. The van der Waals surface area contributed by atoms with E-state index in [-0.39, 0.29) is 31.8 Å². The molecule has 9 heteroatoms. The van der Waals surface area contributed by atoms with Crippen molar-refractivity contribution in [1.29, 1.82) is 0 Å². The Morgan fingerprint density at radius 1 is 0.774 bits per heavy atom. The van der Waals surface area contributed by atoms with Gasteiger partial charge in [0.15, 0.2) is 0 Å². The number of carbonyl (C=O) groups is 1. The van der Waals surface area contributed by atoms with Gasteiger partial charge in [0, 0.05) is 12.8 Å². The minimum Gasteiger partial charge on any atom is -0.388 e. The summed E-state index contributed by atoms with van der Waals surface area (Å²) in [5.41, 5.74) is 2.94. The van der Waals surface area contributed by atoms with Gasteiger partial charge in [-0.2, -0.15) is 0 Å². The highest BCUT2D eigenvalue weighted by atomic mass is 28.4. The van der Waals surface area contributed by atoms with Crippen LogP contribution in [-0.2, 0) is 52.4 Å². The summed E-state index contributed by atoms with van der Waals surface area (Å²) in [4.78, 5) is 12.2. The molecular weight excluding hydrogens is 688 g/mol. The first kappa shape index (κ1) is 41.1. The number of halogens is 1. The van der Waals surface area contributed by atoms with Crippen LogP contribution in [0.2, 0.25) is 13.1 Å². The summed E-state index contributed by atoms with van der Waals surface area (Å²) < 4.78 is 55.7. The van der Waals surface area contributed by atoms with Gasteiger partial charge in [-0.05, 0) is 61.4 Å². The molecule has 53 heavy (non-hydrogen) atoms. The molecule has 5 rings (SSSR count). The molecule has 1 aliphatic heterocycles. The third kappa shape index (κ3) is 13.7. The van der Waals surface area contributed by atoms with E-state index in [1.165, 1.54) is 19.3 Å². The first-order valence-corrected chi connectivity index (χ1v) is 22.4. The third-order valence-electron chi connectivity index (χ3n) is 9.98. The van der Waals surface area contributed by atoms with Crippen LogP contribution in [0, 0.1) is 5.92 Å². The standard InChI is InChI=1S/C44H59FO7Si/c1-4-5-6-7-8-18-25-39(37-26-28-38(46)29-27-37)51-53(2,3)52-43-42(49-32-36-23-16-11-17-24-36)41(48-31-35-21-14-10-15-22-35)40(50-44(43)45)33-47-30-34-19-12-9-13-20-34/h9-25,37,39-44H,4-8,26-33H2,1-3H3/b25-18+/t39?,40-,41-,42+,43-,44-/m1/s1. The fourth-order valence-electron chi connectivity index (χ4n) is 7.10. The minimum absolute atomic E-state index is 0.107. The summed E-state index contributed by atoms with van der Waals surface area (Å²) in [6.45, 7) is 7.11. The van der Waals surface area contributed by atoms with E-state index in [0.29, 0.717) is 25.2 Å². The summed E-state index contributed by atoms with van der Waals surface area (Å²) in [7, 11) is -3.06. The lowest BCUT2D eigenvalue weighted by Crippen LogP contribution is -2.62. The number of carbonyl (C=O) groups excluding carboxylic acids is 1. The smallest absolute Gasteiger partial charge is 0.332 e. The van der Waals surface area contributed by atoms with Crippen LogP contribution in [0.5, 0.6) is 0 Å². The number of ether oxygens (including phenoxy) is 4. The molecule has 1 saturated carbocycles. The maximum absolute atomic E-state index is 16.6. The van der Waals surface area contributed by atoms with Gasteiger partial charge in [0.05, 0.1) is 32.5 Å². The molecule has 0 spiro atoms. The summed E-state index contributed by atoms with van der Waals surface area (Å²) in [5, 5.41) is 0. The molecule has 1 unspecified atom stereocenters. The van der Waals surface area contributed by atoms with Gasteiger partial charge < -0.3 is 27.8 Å². The van der Waals surface area contributed by atoms with Gasteiger partial charge in [0.25, 0.3) is 0 Å². The summed E-state index contributed by atoms with van der Waals surface area (Å²) in [5.74, 6) is 0.496. The largest absolute Gasteiger partial charge is 0.388 e. The Bertz CT molecular complexity index is 1480. The predicted molar refractivity (Wildman–Crippen MR) is 208 cm³/mol. The number of hydrogen-bond donors (Lipinski definition) is 0. The lowest BCUT2D eigenvalue weighted by atomic mass is 9.84. The Balaban J connectivity index is 1.37. The van der Waals surface area contributed by atoms with Crippen LogP contribution in [0.25, 0.3) is 0 Å². The number of rotatable bonds is 21. The quantitative estimate of drug-likeness (QED) is 0.0611. The monoisotopic (exact) mass is 746 g/mol. The second kappa shape index (κ2) is 21.8. The van der Waals surface area contributed by atoms with Gasteiger partial charge in [0.1, 0.15) is 30.2 Å². The molecule has 0 amide bonds. The molecule has 0 N–H and O–H groups in total. The number of allylic oxidation sites excluding steroid dienone is 1. The highest BCUT2D eigenvalue weighted by Gasteiger charge is 2.51. The molecular formula is C44H59FO7Si. The second-order valence-corrected chi connectivity index (χ2v) is 18.0. The minimum atomic E-state index is -3.06. The van der Waals surface area contributed by atoms with E-state index in [0.717, 1.165) is 42.4 Å². The maximum atomic E-state index is 16.6. The number of benzene rings is 3. The van der Waals surface area contributed by atoms with E-state index in [9.17, 15) is 4.79 Å². The molecule has 3 aromatic rings. The lowest BCUT2D eigenvalue weighted by molar-refractivity contribution is -0.286. The molecule has 288 valence electrons. The van der Waals surface area contributed by atoms with E-state index in [1.54, 1.807) is 0 Å². The zero-order chi connectivity index (χ0) is 37.3. The normalized spacial score (nSPS) is 23.4. The van der Waals surface area contributed by atoms with E-state index < -0.39 is 39.3 Å². The lowest BCUT2D eigenvalue weighted by Gasteiger charge is -2.46. The van der Waals surface area contributed by atoms with Gasteiger partial charge in [-0.3, -0.25) is 4.79 Å². The first-order valence-electron chi connectivity index (χ1n) is 19.6. The zero-order valence-electron chi connectivity index (χ0n) is 31.8. The zero-order valence-corrected chi connectivity index (χ0v) is 32.8. The Morgan fingerprint density at radius 3 is 1.92 bits per heavy atom. The molecule has 7 nitrogen and oxygen atoms in total. The van der Waals surface area contributed by atoms with Crippen LogP contribution in [-0.4, -0.2) is 57.8 Å². The number of ketones is 1. The predicted octanol–water partition coefficient (Wildman–Crippen LogP) is 9.83. The van der Waals surface area contributed by atoms with Crippen molar-refractivity contribution in [3.8, 4) is 0 Å². The average Bonchev–Trinajstić information content (AvgIpc) is 3.17. The van der Waals surface area contributed by atoms with Gasteiger partial charge in [-0.25, -0.2) is 4.39 Å². The van der Waals surface area contributed by atoms with Crippen LogP contribution < -0.4 is 0 Å². The molecule has 1 aliphatic carbocycles. The van der Waals surface area contributed by atoms with E-state index in [2.05, 4.69) is 19.1 Å². The van der Waals surface area contributed by atoms with Gasteiger partial charge in [0.2, 0.25) is 6.36 Å². The van der Waals surface area contributed by atoms with Crippen molar-refractivity contribution in [2.45, 2.75) is 135 Å². The molecule has 1 heterocycles. The molecule has 6 atom stereocenters. The van der Waals surface area contributed by atoms with Crippen LogP contribution in [0.3, 0.4) is 0 Å². The Kier molecular flexibility index (Phi) is 16.9. The van der Waals surface area contributed by atoms with Gasteiger partial charge in [-0.1, -0.05) is 129 Å². The number of alkyl halides is 1. The van der Waals surface area contributed by atoms with Crippen molar-refractivity contribution in [3.05, 3.63) is 120 Å². The summed E-state index contributed by atoms with van der Waals surface area (Å²) >= 11 is 0. The van der Waals surface area contributed by atoms with Crippen molar-refractivity contribution in [2.24, 2.45) is 5.92 Å². The van der Waals surface area contributed by atoms with Crippen LogP contribution in [0.1, 0.15) is 81.4 Å². The topological polar surface area (TPSA) is 72.5 Å². The maximum Gasteiger partial charge on any atom is 0.332 e. The molecule has 1 saturated heterocycles. The SMILES string of the molecule is CCCCCC/C=C/C(O[Si](C)(C)O[C@@H]1[C@@H](OCc2ccccc2)[C@H](OCc2ccccc2)[C@@H](COCc2ccccc2)O[C@H]1F)C1CCC(=O)CC1. The van der Waals surface area contributed by atoms with Crippen LogP contribution in [0.4, 0.5) is 4.39 Å². The van der Waals surface area contributed by atoms with Crippen molar-refractivity contribution >= 4 is 14.3 Å². The fourth-order valence-corrected chi connectivity index (χ4v) is 8.98. The van der Waals surface area contributed by atoms with Gasteiger partial charge in [-0.15, -0.1) is 0 Å². The van der Waals surface area contributed by atoms with Crippen molar-refractivity contribution < 1.29 is 37.0 Å². The van der Waals surface area contributed by atoms with Crippen molar-refractivity contribution in [1.82, 2.24) is 0 Å². The second-order valence-electron chi connectivity index (χ2n) is 14.8. The fraction of sp³-hybridized carbons (Fsp3) is 0.523. The first-order chi connectivity index (χ1) is 25.8. The van der Waals surface area contributed by atoms with Crippen LogP contribution >= 0.6 is 0 Å². The molecule has 2 fully saturated rings. The summed E-state index contributed by atoms with van der Waals surface area (Å²) in [6.07, 6.45) is 7.30. The molecule has 2 aliphatic rings. The molecule has 0 radical (unpaired) electrons. The van der Waals surface area contributed by atoms with E-state index >= 15 is 4.39 Å². The molecule has 3 aromatic carbocycles. The van der Waals surface area contributed by atoms with Crippen molar-refractivity contribution in [3.63, 3.8) is 0 Å². The number of Topliss-reactive ketones (excluding diaryl/α,β-unsaturated/α-hetero) is 1. The molecule has 0 bridgehead atoms. The Hall–Kier alpha value is -3.02. The highest BCUT2D eigenvalue weighted by molar-refractivity contribution is 6.64. The summed E-state index contributed by atoms with van der Waals surface area (Å²) in [6, 6.07) is 29.6. The van der Waals surface area contributed by atoms with Gasteiger partial charge >= 0.3 is 8.56 Å². The van der Waals surface area contributed by atoms with Crippen LogP contribution in [0.15, 0.2) is 103 Å². The van der Waals surface area contributed by atoms with Crippen molar-refractivity contribution in [2.75, 3.05) is 6.61 Å². The Labute approximate surface area is 317 Å². The number of hydrogen-bond acceptors (Lipinski definition) is 7. The third-order valence-corrected chi connectivity index (χ3v) is 11.7.